The van der Waals surface area contributed by atoms with Crippen LogP contribution in [0.15, 0.2) is 40.8 Å². The van der Waals surface area contributed by atoms with Crippen LogP contribution in [0.25, 0.3) is 11.5 Å². The molecule has 0 saturated carbocycles. The molecule has 0 aliphatic rings. The maximum absolute atomic E-state index is 14.2. The Bertz CT molecular complexity index is 1630. The Kier molecular flexibility index (Phi) is 12.7. The first kappa shape index (κ1) is 37.1. The van der Waals surface area contributed by atoms with Crippen molar-refractivity contribution in [3.63, 3.8) is 0 Å². The maximum atomic E-state index is 14.2. The van der Waals surface area contributed by atoms with Crippen LogP contribution in [0.4, 0.5) is 27.2 Å². The van der Waals surface area contributed by atoms with Gasteiger partial charge in [0.2, 0.25) is 11.8 Å². The summed E-state index contributed by atoms with van der Waals surface area (Å²) in [4.78, 5) is 51.9. The first-order valence-electron chi connectivity index (χ1n) is 14.5. The molecule has 2 aromatic carbocycles. The first-order chi connectivity index (χ1) is 22.5. The molecule has 5 amide bonds. The van der Waals surface area contributed by atoms with Crippen molar-refractivity contribution in [2.24, 2.45) is 16.9 Å². The molecule has 1 heterocycles. The number of ether oxygens (including phenoxy) is 3. The number of primary amides is 2. The van der Waals surface area contributed by atoms with E-state index in [1.807, 2.05) is 26.1 Å². The molecule has 1 atom stereocenters. The normalized spacial score (nSPS) is 11.9. The summed E-state index contributed by atoms with van der Waals surface area (Å²) in [7, 11) is 0. The number of hydrogen-bond acceptors (Lipinski definition) is 9. The molecular formula is C31H35F4N5O8. The van der Waals surface area contributed by atoms with E-state index in [1.165, 1.54) is 12.1 Å². The van der Waals surface area contributed by atoms with Crippen molar-refractivity contribution < 1.29 is 55.4 Å². The SMILES string of the molecule is CC(C)(C)C[C@H](OC(N)=O)c1oc(-c2ccc(OC(F)F)c(OCCCCC(=O)NC(N)=O)c2)nc1C(=O)NCc1ccc(F)cc1F. The van der Waals surface area contributed by atoms with E-state index in [0.717, 1.165) is 18.2 Å². The number of carbonyl (C=O) groups excluding carboxylic acids is 4. The fourth-order valence-corrected chi connectivity index (χ4v) is 4.36. The highest BCUT2D eigenvalue weighted by Crippen LogP contribution is 2.38. The number of nitrogens with zero attached hydrogens (tertiary/aromatic N) is 1. The van der Waals surface area contributed by atoms with Gasteiger partial charge < -0.3 is 35.4 Å². The van der Waals surface area contributed by atoms with Gasteiger partial charge in [0.1, 0.15) is 11.6 Å². The Hall–Kier alpha value is -5.35. The molecule has 0 radical (unpaired) electrons. The van der Waals surface area contributed by atoms with E-state index in [2.05, 4.69) is 15.0 Å². The topological polar surface area (TPSA) is 198 Å². The molecule has 0 saturated heterocycles. The summed E-state index contributed by atoms with van der Waals surface area (Å²) in [6, 6.07) is 5.55. The van der Waals surface area contributed by atoms with Crippen molar-refractivity contribution in [2.45, 2.75) is 65.7 Å². The van der Waals surface area contributed by atoms with Gasteiger partial charge in [-0.25, -0.2) is 23.4 Å². The lowest BCUT2D eigenvalue weighted by atomic mass is 9.88. The molecule has 0 fully saturated rings. The number of carbonyl (C=O) groups is 4. The maximum Gasteiger partial charge on any atom is 0.405 e. The molecule has 13 nitrogen and oxygen atoms in total. The number of alkyl halides is 2. The van der Waals surface area contributed by atoms with Crippen molar-refractivity contribution in [3.8, 4) is 23.0 Å². The second-order valence-electron chi connectivity index (χ2n) is 11.6. The Morgan fingerprint density at radius 2 is 1.73 bits per heavy atom. The van der Waals surface area contributed by atoms with E-state index in [1.54, 1.807) is 0 Å². The number of urea groups is 1. The van der Waals surface area contributed by atoms with Crippen LogP contribution in [0, 0.1) is 17.0 Å². The summed E-state index contributed by atoms with van der Waals surface area (Å²) in [6.45, 7) is 1.86. The lowest BCUT2D eigenvalue weighted by molar-refractivity contribution is -0.120. The summed E-state index contributed by atoms with van der Waals surface area (Å²) >= 11 is 0. The predicted octanol–water partition coefficient (Wildman–Crippen LogP) is 5.47. The molecule has 0 aliphatic heterocycles. The molecule has 0 spiro atoms. The zero-order valence-electron chi connectivity index (χ0n) is 26.2. The number of amides is 5. The van der Waals surface area contributed by atoms with Gasteiger partial charge in [0.25, 0.3) is 5.91 Å². The Balaban J connectivity index is 1.96. The lowest BCUT2D eigenvalue weighted by Crippen LogP contribution is -2.34. The van der Waals surface area contributed by atoms with E-state index in [0.29, 0.717) is 6.07 Å². The highest BCUT2D eigenvalue weighted by Gasteiger charge is 2.33. The Morgan fingerprint density at radius 3 is 2.35 bits per heavy atom. The molecule has 3 aromatic rings. The van der Waals surface area contributed by atoms with Gasteiger partial charge in [0, 0.05) is 30.2 Å². The fraction of sp³-hybridized carbons (Fsp3) is 0.387. The zero-order valence-corrected chi connectivity index (χ0v) is 26.2. The number of imide groups is 1. The summed E-state index contributed by atoms with van der Waals surface area (Å²) in [5.41, 5.74) is 9.47. The number of halogens is 4. The molecule has 260 valence electrons. The van der Waals surface area contributed by atoms with E-state index < -0.39 is 53.7 Å². The van der Waals surface area contributed by atoms with E-state index in [4.69, 9.17) is 25.4 Å². The molecule has 48 heavy (non-hydrogen) atoms. The number of unbranched alkanes of at least 4 members (excludes halogenated alkanes) is 1. The summed E-state index contributed by atoms with van der Waals surface area (Å²) in [5, 5.41) is 4.39. The van der Waals surface area contributed by atoms with Crippen LogP contribution in [0.5, 0.6) is 11.5 Å². The van der Waals surface area contributed by atoms with E-state index >= 15 is 0 Å². The van der Waals surface area contributed by atoms with Crippen LogP contribution in [0.3, 0.4) is 0 Å². The summed E-state index contributed by atoms with van der Waals surface area (Å²) < 4.78 is 75.3. The number of aromatic nitrogens is 1. The quantitative estimate of drug-likeness (QED) is 0.119. The summed E-state index contributed by atoms with van der Waals surface area (Å²) in [5.74, 6) is -4.09. The number of rotatable bonds is 15. The van der Waals surface area contributed by atoms with Gasteiger partial charge in [-0.3, -0.25) is 14.9 Å². The minimum atomic E-state index is -3.20. The van der Waals surface area contributed by atoms with Crippen molar-refractivity contribution in [1.82, 2.24) is 15.6 Å². The van der Waals surface area contributed by atoms with Crippen LogP contribution < -0.4 is 31.6 Å². The van der Waals surface area contributed by atoms with Crippen LogP contribution in [0.2, 0.25) is 0 Å². The van der Waals surface area contributed by atoms with Gasteiger partial charge in [-0.15, -0.1) is 0 Å². The average Bonchev–Trinajstić information content (AvgIpc) is 3.41. The molecule has 0 aliphatic carbocycles. The van der Waals surface area contributed by atoms with Crippen LogP contribution >= 0.6 is 0 Å². The fourth-order valence-electron chi connectivity index (χ4n) is 4.36. The second-order valence-corrected chi connectivity index (χ2v) is 11.6. The van der Waals surface area contributed by atoms with Gasteiger partial charge in [-0.2, -0.15) is 8.78 Å². The molecular weight excluding hydrogens is 646 g/mol. The van der Waals surface area contributed by atoms with Gasteiger partial charge >= 0.3 is 18.7 Å². The Morgan fingerprint density at radius 1 is 1.00 bits per heavy atom. The third-order valence-corrected chi connectivity index (χ3v) is 6.40. The number of hydrogen-bond donors (Lipinski definition) is 4. The molecule has 6 N–H and O–H groups in total. The molecule has 3 rings (SSSR count). The number of nitrogens with one attached hydrogen (secondary N) is 2. The number of oxazole rings is 1. The minimum absolute atomic E-state index is 0.0282. The highest BCUT2D eigenvalue weighted by molar-refractivity contribution is 5.94. The highest BCUT2D eigenvalue weighted by atomic mass is 19.3. The van der Waals surface area contributed by atoms with E-state index in [-0.39, 0.29) is 78.8 Å². The number of nitrogens with two attached hydrogens (primary N) is 2. The standard InChI is InChI=1S/C31H35F4N5O8/c1-31(2,3)14-22(47-30(37)44)25-24(26(42)38-15-17-7-9-18(32)13-19(17)33)40-27(48-25)16-8-10-20(46-28(34)35)21(12-16)45-11-5-4-6-23(41)39-29(36)43/h7-10,12-13,22,28H,4-6,11,14-15H2,1-3H3,(H2,37,44)(H,38,42)(H3,36,39,41,43)/t22-/m0/s1. The van der Waals surface area contributed by atoms with Gasteiger partial charge in [0.05, 0.1) is 6.61 Å². The van der Waals surface area contributed by atoms with Crippen molar-refractivity contribution in [1.29, 1.82) is 0 Å². The second kappa shape index (κ2) is 16.5. The molecule has 1 aromatic heterocycles. The third-order valence-electron chi connectivity index (χ3n) is 6.40. The van der Waals surface area contributed by atoms with Crippen molar-refractivity contribution >= 4 is 23.9 Å². The largest absolute Gasteiger partial charge is 0.490 e. The average molecular weight is 682 g/mol. The van der Waals surface area contributed by atoms with Crippen molar-refractivity contribution in [2.75, 3.05) is 6.61 Å². The Labute approximate surface area is 272 Å². The lowest BCUT2D eigenvalue weighted by Gasteiger charge is -2.24. The van der Waals surface area contributed by atoms with Crippen LogP contribution in [0.1, 0.15) is 74.4 Å². The van der Waals surface area contributed by atoms with Crippen LogP contribution in [-0.2, 0) is 16.1 Å². The minimum Gasteiger partial charge on any atom is -0.490 e. The zero-order chi connectivity index (χ0) is 35.6. The molecule has 17 heteroatoms. The van der Waals surface area contributed by atoms with Gasteiger partial charge in [-0.1, -0.05) is 26.8 Å². The molecule has 0 unspecified atom stereocenters. The van der Waals surface area contributed by atoms with Gasteiger partial charge in [-0.05, 0) is 48.9 Å². The van der Waals surface area contributed by atoms with Crippen LogP contribution in [-0.4, -0.2) is 42.1 Å². The monoisotopic (exact) mass is 681 g/mol. The number of benzene rings is 2. The molecule has 0 bridgehead atoms. The first-order valence-corrected chi connectivity index (χ1v) is 14.5. The summed E-state index contributed by atoms with van der Waals surface area (Å²) in [6.07, 6.45) is -1.78. The van der Waals surface area contributed by atoms with Crippen molar-refractivity contribution in [3.05, 3.63) is 65.1 Å². The smallest absolute Gasteiger partial charge is 0.405 e. The third kappa shape index (κ3) is 11.5. The predicted molar refractivity (Wildman–Crippen MR) is 161 cm³/mol. The van der Waals surface area contributed by atoms with E-state index in [9.17, 15) is 36.7 Å². The van der Waals surface area contributed by atoms with Gasteiger partial charge in [0.15, 0.2) is 29.1 Å².